The van der Waals surface area contributed by atoms with Crippen molar-refractivity contribution in [3.63, 3.8) is 0 Å². The van der Waals surface area contributed by atoms with Gasteiger partial charge in [-0.3, -0.25) is 4.79 Å². The number of amides is 1. The summed E-state index contributed by atoms with van der Waals surface area (Å²) in [6, 6.07) is 5.95. The van der Waals surface area contributed by atoms with Crippen molar-refractivity contribution in [2.45, 2.75) is 41.0 Å². The Bertz CT molecular complexity index is 493. The first-order valence-electron chi connectivity index (χ1n) is 6.86. The Hall–Kier alpha value is -1.29. The lowest BCUT2D eigenvalue weighted by Crippen LogP contribution is -2.23. The molecule has 0 atom stereocenters. The van der Waals surface area contributed by atoms with E-state index < -0.39 is 5.91 Å². The fourth-order valence-electron chi connectivity index (χ4n) is 1.73. The van der Waals surface area contributed by atoms with Gasteiger partial charge in [0.2, 0.25) is 5.91 Å². The van der Waals surface area contributed by atoms with Crippen molar-refractivity contribution in [2.24, 2.45) is 17.4 Å². The maximum atomic E-state index is 11.5. The van der Waals surface area contributed by atoms with Crippen LogP contribution in [0.1, 0.15) is 38.8 Å². The third-order valence-corrected chi connectivity index (χ3v) is 3.43. The Morgan fingerprint density at radius 1 is 1.25 bits per heavy atom. The highest BCUT2D eigenvalue weighted by Gasteiger charge is 2.14. The molecule has 4 heteroatoms. The lowest BCUT2D eigenvalue weighted by Gasteiger charge is -2.13. The zero-order chi connectivity index (χ0) is 15.9. The van der Waals surface area contributed by atoms with E-state index in [4.69, 9.17) is 11.5 Å². The molecular formula is C16H25BrN2O. The SMILES string of the molecule is CC.Cc1cc(Br)ccc1C/C(C(N)=O)=C(/N)C(C)C. The number of halogens is 1. The van der Waals surface area contributed by atoms with Crippen LogP contribution in [-0.2, 0) is 11.2 Å². The van der Waals surface area contributed by atoms with Crippen molar-refractivity contribution >= 4 is 21.8 Å². The summed E-state index contributed by atoms with van der Waals surface area (Å²) in [6.07, 6.45) is 0.485. The van der Waals surface area contributed by atoms with Crippen LogP contribution >= 0.6 is 15.9 Å². The molecule has 0 aliphatic heterocycles. The summed E-state index contributed by atoms with van der Waals surface area (Å²) in [7, 11) is 0. The average Bonchev–Trinajstić information content (AvgIpc) is 2.39. The highest BCUT2D eigenvalue weighted by Crippen LogP contribution is 2.20. The summed E-state index contributed by atoms with van der Waals surface area (Å²) >= 11 is 3.42. The number of allylic oxidation sites excluding steroid dienone is 1. The average molecular weight is 341 g/mol. The van der Waals surface area contributed by atoms with Gasteiger partial charge in [-0.05, 0) is 36.1 Å². The van der Waals surface area contributed by atoms with E-state index in [0.29, 0.717) is 17.7 Å². The largest absolute Gasteiger partial charge is 0.401 e. The Balaban J connectivity index is 0.00000172. The predicted octanol–water partition coefficient (Wildman–Crippen LogP) is 3.68. The van der Waals surface area contributed by atoms with Gasteiger partial charge in [0.05, 0.1) is 0 Å². The zero-order valence-corrected chi connectivity index (χ0v) is 14.5. The summed E-state index contributed by atoms with van der Waals surface area (Å²) < 4.78 is 1.02. The first kappa shape index (κ1) is 18.7. The van der Waals surface area contributed by atoms with Crippen LogP contribution in [0.4, 0.5) is 0 Å². The second kappa shape index (κ2) is 8.80. The molecule has 1 aromatic carbocycles. The molecule has 4 N–H and O–H groups in total. The van der Waals surface area contributed by atoms with E-state index in [1.54, 1.807) is 0 Å². The fraction of sp³-hybridized carbons (Fsp3) is 0.438. The molecule has 0 aliphatic carbocycles. The molecule has 0 aromatic heterocycles. The molecule has 0 saturated carbocycles. The lowest BCUT2D eigenvalue weighted by atomic mass is 9.95. The van der Waals surface area contributed by atoms with Gasteiger partial charge in [-0.1, -0.05) is 49.7 Å². The Labute approximate surface area is 130 Å². The van der Waals surface area contributed by atoms with Gasteiger partial charge in [0, 0.05) is 22.2 Å². The zero-order valence-electron chi connectivity index (χ0n) is 13.0. The van der Waals surface area contributed by atoms with Crippen LogP contribution in [0.3, 0.4) is 0 Å². The number of hydrogen-bond donors (Lipinski definition) is 2. The van der Waals surface area contributed by atoms with Gasteiger partial charge in [-0.25, -0.2) is 0 Å². The van der Waals surface area contributed by atoms with Crippen molar-refractivity contribution in [1.29, 1.82) is 0 Å². The highest BCUT2D eigenvalue weighted by atomic mass is 79.9. The van der Waals surface area contributed by atoms with Crippen LogP contribution < -0.4 is 11.5 Å². The lowest BCUT2D eigenvalue weighted by molar-refractivity contribution is -0.114. The summed E-state index contributed by atoms with van der Waals surface area (Å²) in [5.74, 6) is -0.327. The first-order valence-corrected chi connectivity index (χ1v) is 7.65. The van der Waals surface area contributed by atoms with Crippen LogP contribution in [-0.4, -0.2) is 5.91 Å². The Morgan fingerprint density at radius 3 is 2.20 bits per heavy atom. The van der Waals surface area contributed by atoms with Crippen LogP contribution in [0.15, 0.2) is 33.9 Å². The van der Waals surface area contributed by atoms with Gasteiger partial charge < -0.3 is 11.5 Å². The van der Waals surface area contributed by atoms with Crippen molar-refractivity contribution in [2.75, 3.05) is 0 Å². The summed E-state index contributed by atoms with van der Waals surface area (Å²) in [6.45, 7) is 9.91. The maximum absolute atomic E-state index is 11.5. The molecule has 112 valence electrons. The number of aryl methyl sites for hydroxylation is 1. The second-order valence-corrected chi connectivity index (χ2v) is 5.62. The molecule has 0 heterocycles. The van der Waals surface area contributed by atoms with E-state index in [2.05, 4.69) is 15.9 Å². The molecule has 0 spiro atoms. The quantitative estimate of drug-likeness (QED) is 0.820. The summed E-state index contributed by atoms with van der Waals surface area (Å²) in [5.41, 5.74) is 14.6. The standard InChI is InChI=1S/C14H19BrN2O.C2H6/c1-8(2)13(16)12(14(17)18)7-10-4-5-11(15)6-9(10)3;1-2/h4-6,8H,7,16H2,1-3H3,(H2,17,18);1-2H3/b13-12-;. The minimum Gasteiger partial charge on any atom is -0.401 e. The van der Waals surface area contributed by atoms with Gasteiger partial charge in [0.15, 0.2) is 0 Å². The summed E-state index contributed by atoms with van der Waals surface area (Å²) in [4.78, 5) is 11.5. The van der Waals surface area contributed by atoms with Crippen LogP contribution in [0, 0.1) is 12.8 Å². The van der Waals surface area contributed by atoms with Gasteiger partial charge in [0.1, 0.15) is 0 Å². The normalized spacial score (nSPS) is 11.6. The van der Waals surface area contributed by atoms with E-state index in [9.17, 15) is 4.79 Å². The van der Waals surface area contributed by atoms with E-state index in [-0.39, 0.29) is 5.92 Å². The van der Waals surface area contributed by atoms with Gasteiger partial charge in [-0.2, -0.15) is 0 Å². The maximum Gasteiger partial charge on any atom is 0.246 e. The number of primary amides is 1. The molecule has 20 heavy (non-hydrogen) atoms. The molecule has 1 amide bonds. The second-order valence-electron chi connectivity index (χ2n) is 4.70. The first-order chi connectivity index (χ1) is 9.32. The van der Waals surface area contributed by atoms with Crippen molar-refractivity contribution in [3.05, 3.63) is 45.1 Å². The minimum absolute atomic E-state index is 0.114. The monoisotopic (exact) mass is 340 g/mol. The Morgan fingerprint density at radius 2 is 1.80 bits per heavy atom. The summed E-state index contributed by atoms with van der Waals surface area (Å²) in [5, 5.41) is 0. The van der Waals surface area contributed by atoms with Gasteiger partial charge in [-0.15, -0.1) is 0 Å². The molecule has 0 saturated heterocycles. The van der Waals surface area contributed by atoms with E-state index in [1.165, 1.54) is 0 Å². The van der Waals surface area contributed by atoms with Crippen molar-refractivity contribution in [1.82, 2.24) is 0 Å². The molecule has 3 nitrogen and oxygen atoms in total. The molecule has 0 fully saturated rings. The number of rotatable bonds is 4. The highest BCUT2D eigenvalue weighted by molar-refractivity contribution is 9.10. The molecular weight excluding hydrogens is 316 g/mol. The minimum atomic E-state index is -0.441. The topological polar surface area (TPSA) is 69.1 Å². The molecule has 0 aliphatic rings. The van der Waals surface area contributed by atoms with Crippen LogP contribution in [0.25, 0.3) is 0 Å². The molecule has 0 radical (unpaired) electrons. The Kier molecular flexibility index (Phi) is 8.23. The van der Waals surface area contributed by atoms with E-state index in [1.807, 2.05) is 52.8 Å². The molecule has 1 rings (SSSR count). The fourth-order valence-corrected chi connectivity index (χ4v) is 2.20. The number of hydrogen-bond acceptors (Lipinski definition) is 2. The molecule has 0 unspecified atom stereocenters. The number of nitrogens with two attached hydrogens (primary N) is 2. The van der Waals surface area contributed by atoms with Gasteiger partial charge in [0.25, 0.3) is 0 Å². The number of benzene rings is 1. The number of carbonyl (C=O) groups is 1. The van der Waals surface area contributed by atoms with E-state index >= 15 is 0 Å². The number of carbonyl (C=O) groups excluding carboxylic acids is 1. The van der Waals surface area contributed by atoms with Crippen molar-refractivity contribution in [3.8, 4) is 0 Å². The van der Waals surface area contributed by atoms with Gasteiger partial charge >= 0.3 is 0 Å². The van der Waals surface area contributed by atoms with Crippen LogP contribution in [0.5, 0.6) is 0 Å². The van der Waals surface area contributed by atoms with E-state index in [0.717, 1.165) is 15.6 Å². The predicted molar refractivity (Wildman–Crippen MR) is 89.2 cm³/mol. The third-order valence-electron chi connectivity index (χ3n) is 2.94. The third kappa shape index (κ3) is 5.37. The van der Waals surface area contributed by atoms with Crippen molar-refractivity contribution < 1.29 is 4.79 Å². The molecule has 1 aromatic rings. The van der Waals surface area contributed by atoms with Crippen LogP contribution in [0.2, 0.25) is 0 Å². The smallest absolute Gasteiger partial charge is 0.246 e. The molecule has 0 bridgehead atoms.